The summed E-state index contributed by atoms with van der Waals surface area (Å²) in [6.07, 6.45) is 0. The van der Waals surface area contributed by atoms with Crippen molar-refractivity contribution < 1.29 is 0 Å². The van der Waals surface area contributed by atoms with Crippen LogP contribution in [-0.2, 0) is 0 Å². The lowest BCUT2D eigenvalue weighted by molar-refractivity contribution is 1.53. The maximum Gasteiger partial charge on any atom is 0.143 e. The predicted octanol–water partition coefficient (Wildman–Crippen LogP) is 3.49. The first-order chi connectivity index (χ1) is 5.61. The van der Waals surface area contributed by atoms with Gasteiger partial charge in [0, 0.05) is 5.41 Å². The van der Waals surface area contributed by atoms with Gasteiger partial charge in [-0.15, -0.1) is 0 Å². The highest BCUT2D eigenvalue weighted by molar-refractivity contribution is 8.07. The average molecular weight is 240 g/mol. The molecule has 0 spiro atoms. The van der Waals surface area contributed by atoms with E-state index in [2.05, 4.69) is 0 Å². The van der Waals surface area contributed by atoms with Crippen LogP contribution < -0.4 is 0 Å². The lowest BCUT2D eigenvalue weighted by atomic mass is 10.7. The number of hydrogen-bond acceptors (Lipinski definition) is 3. The first kappa shape index (κ1) is 11.7. The van der Waals surface area contributed by atoms with Gasteiger partial charge in [0.1, 0.15) is 26.6 Å². The van der Waals surface area contributed by atoms with Gasteiger partial charge in [-0.05, 0) is 0 Å². The van der Waals surface area contributed by atoms with E-state index >= 15 is 0 Å². The van der Waals surface area contributed by atoms with Crippen molar-refractivity contribution in [2.75, 3.05) is 0 Å². The third-order valence-corrected chi connectivity index (χ3v) is 2.67. The molecule has 0 heterocycles. The van der Waals surface area contributed by atoms with Crippen LogP contribution in [-0.4, -0.2) is 0 Å². The summed E-state index contributed by atoms with van der Waals surface area (Å²) < 4.78 is 0.0903. The van der Waals surface area contributed by atoms with E-state index in [0.717, 1.165) is 11.8 Å². The first-order valence-corrected chi connectivity index (χ1v) is 4.51. The van der Waals surface area contributed by atoms with Gasteiger partial charge in [-0.3, -0.25) is 0 Å². The van der Waals surface area contributed by atoms with E-state index in [4.69, 9.17) is 45.3 Å². The number of thioether (sulfide) groups is 1. The zero-order valence-corrected chi connectivity index (χ0v) is 8.60. The van der Waals surface area contributed by atoms with E-state index < -0.39 is 0 Å². The van der Waals surface area contributed by atoms with Crippen molar-refractivity contribution in [3.05, 3.63) is 19.8 Å². The maximum atomic E-state index is 8.27. The van der Waals surface area contributed by atoms with Crippen molar-refractivity contribution in [3.63, 3.8) is 0 Å². The van der Waals surface area contributed by atoms with Crippen LogP contribution in [0, 0.1) is 22.7 Å². The fraction of sp³-hybridized carbons (Fsp3) is 0. The smallest absolute Gasteiger partial charge is 0.143 e. The molecule has 0 aliphatic heterocycles. The molecular formula is C6HCl3N2S. The molecule has 0 bridgehead atoms. The minimum absolute atomic E-state index is 0.0134. The Bertz CT molecular complexity index is 308. The molecule has 6 heteroatoms. The monoisotopic (exact) mass is 238 g/mol. The molecule has 0 unspecified atom stereocenters. The lowest BCUT2D eigenvalue weighted by Crippen LogP contribution is -1.67. The topological polar surface area (TPSA) is 47.6 Å². The van der Waals surface area contributed by atoms with Gasteiger partial charge in [-0.25, -0.2) is 0 Å². The van der Waals surface area contributed by atoms with Gasteiger partial charge in [-0.1, -0.05) is 46.6 Å². The number of hydrogen-bond donors (Lipinski definition) is 0. The second kappa shape index (κ2) is 6.22. The predicted molar refractivity (Wildman–Crippen MR) is 51.5 cm³/mol. The van der Waals surface area contributed by atoms with Gasteiger partial charge < -0.3 is 0 Å². The molecule has 62 valence electrons. The summed E-state index contributed by atoms with van der Waals surface area (Å²) in [6.45, 7) is 0. The summed E-state index contributed by atoms with van der Waals surface area (Å²) in [6, 6.07) is 3.32. The Morgan fingerprint density at radius 3 is 2.17 bits per heavy atom. The van der Waals surface area contributed by atoms with Crippen molar-refractivity contribution in [1.82, 2.24) is 0 Å². The number of nitrogens with zero attached hydrogens (tertiary/aromatic N) is 2. The Morgan fingerprint density at radius 2 is 1.75 bits per heavy atom. The molecule has 0 amide bonds. The molecular weight excluding hydrogens is 239 g/mol. The highest BCUT2D eigenvalue weighted by atomic mass is 35.5. The first-order valence-electron chi connectivity index (χ1n) is 2.49. The van der Waals surface area contributed by atoms with E-state index in [1.807, 2.05) is 0 Å². The molecule has 0 fully saturated rings. The van der Waals surface area contributed by atoms with Crippen molar-refractivity contribution in [1.29, 1.82) is 10.5 Å². The highest BCUT2D eigenvalue weighted by Crippen LogP contribution is 2.28. The van der Waals surface area contributed by atoms with Crippen molar-refractivity contribution >= 4 is 46.6 Å². The molecule has 0 atom stereocenters. The Morgan fingerprint density at radius 1 is 1.17 bits per heavy atom. The van der Waals surface area contributed by atoms with Gasteiger partial charge >= 0.3 is 0 Å². The number of nitriles is 2. The molecule has 12 heavy (non-hydrogen) atoms. The minimum atomic E-state index is -0.125. The molecule has 0 saturated carbocycles. The summed E-state index contributed by atoms with van der Waals surface area (Å²) in [5.74, 6) is 0. The van der Waals surface area contributed by atoms with Gasteiger partial charge in [0.05, 0.1) is 0 Å². The second-order valence-electron chi connectivity index (χ2n) is 1.39. The van der Waals surface area contributed by atoms with Crippen LogP contribution in [0.4, 0.5) is 0 Å². The highest BCUT2D eigenvalue weighted by Gasteiger charge is 1.99. The van der Waals surface area contributed by atoms with Crippen LogP contribution in [0.3, 0.4) is 0 Å². The van der Waals surface area contributed by atoms with Crippen LogP contribution in [0.25, 0.3) is 0 Å². The standard InChI is InChI=1S/C6HCl3N2S/c7-4(1-10)3-12-6(9)5(8)2-11/h3H. The normalized spacial score (nSPS) is 12.9. The Kier molecular flexibility index (Phi) is 6.06. The zero-order valence-electron chi connectivity index (χ0n) is 5.51. The number of rotatable bonds is 2. The minimum Gasteiger partial charge on any atom is -0.191 e. The molecule has 0 aromatic carbocycles. The molecule has 0 aromatic heterocycles. The van der Waals surface area contributed by atoms with E-state index in [1.54, 1.807) is 12.1 Å². The fourth-order valence-corrected chi connectivity index (χ4v) is 1.08. The van der Waals surface area contributed by atoms with E-state index in [-0.39, 0.29) is 14.4 Å². The third-order valence-electron chi connectivity index (χ3n) is 0.643. The SMILES string of the molecule is N#CC(Cl)=CSC(Cl)=C(Cl)C#N. The van der Waals surface area contributed by atoms with Crippen LogP contribution in [0.5, 0.6) is 0 Å². The molecule has 0 aliphatic rings. The van der Waals surface area contributed by atoms with Gasteiger partial charge in [0.25, 0.3) is 0 Å². The zero-order chi connectivity index (χ0) is 9.56. The molecule has 0 aromatic rings. The summed E-state index contributed by atoms with van der Waals surface area (Å²) in [5.41, 5.74) is 0. The maximum absolute atomic E-state index is 8.27. The molecule has 0 rings (SSSR count). The molecule has 2 nitrogen and oxygen atoms in total. The quantitative estimate of drug-likeness (QED) is 0.693. The average Bonchev–Trinajstić information content (AvgIpc) is 2.11. The van der Waals surface area contributed by atoms with Gasteiger partial charge in [0.15, 0.2) is 0 Å². The third kappa shape index (κ3) is 4.54. The molecule has 0 N–H and O–H groups in total. The summed E-state index contributed by atoms with van der Waals surface area (Å²) >= 11 is 17.1. The number of allylic oxidation sites excluding steroid dienone is 2. The van der Waals surface area contributed by atoms with Gasteiger partial charge in [-0.2, -0.15) is 10.5 Å². The van der Waals surface area contributed by atoms with Crippen molar-refractivity contribution in [2.24, 2.45) is 0 Å². The number of halogens is 3. The second-order valence-corrected chi connectivity index (χ2v) is 3.66. The van der Waals surface area contributed by atoms with Crippen LogP contribution in [0.15, 0.2) is 19.8 Å². The summed E-state index contributed by atoms with van der Waals surface area (Å²) in [7, 11) is 0. The lowest BCUT2D eigenvalue weighted by Gasteiger charge is -1.90. The fourth-order valence-electron chi connectivity index (χ4n) is 0.226. The summed E-state index contributed by atoms with van der Waals surface area (Å²) in [4.78, 5) is 0. The Hall–Kier alpha value is -0.320. The van der Waals surface area contributed by atoms with Crippen LogP contribution in [0.2, 0.25) is 0 Å². The molecule has 0 saturated heterocycles. The van der Waals surface area contributed by atoms with Crippen LogP contribution >= 0.6 is 46.6 Å². The van der Waals surface area contributed by atoms with E-state index in [1.165, 1.54) is 5.41 Å². The van der Waals surface area contributed by atoms with Crippen molar-refractivity contribution in [2.45, 2.75) is 0 Å². The van der Waals surface area contributed by atoms with Crippen molar-refractivity contribution in [3.8, 4) is 12.1 Å². The largest absolute Gasteiger partial charge is 0.191 e. The van der Waals surface area contributed by atoms with E-state index in [9.17, 15) is 0 Å². The molecule has 0 radical (unpaired) electrons. The Balaban J connectivity index is 4.35. The Labute approximate surface area is 89.0 Å². The molecule has 0 aliphatic carbocycles. The van der Waals surface area contributed by atoms with Gasteiger partial charge in [0.2, 0.25) is 0 Å². The van der Waals surface area contributed by atoms with E-state index in [0.29, 0.717) is 0 Å². The summed E-state index contributed by atoms with van der Waals surface area (Å²) in [5, 5.41) is 17.7. The van der Waals surface area contributed by atoms with Crippen LogP contribution in [0.1, 0.15) is 0 Å².